The van der Waals surface area contributed by atoms with Crippen molar-refractivity contribution in [3.05, 3.63) is 96.0 Å². The van der Waals surface area contributed by atoms with Gasteiger partial charge in [-0.2, -0.15) is 4.98 Å². The van der Waals surface area contributed by atoms with Gasteiger partial charge in [-0.3, -0.25) is 0 Å². The fraction of sp³-hybridized carbons (Fsp3) is 0. The molecule has 1 heterocycles. The third-order valence-electron chi connectivity index (χ3n) is 5.06. The summed E-state index contributed by atoms with van der Waals surface area (Å²) in [6.45, 7) is 0. The largest absolute Gasteiger partial charge is 0.427 e. The van der Waals surface area contributed by atoms with E-state index in [2.05, 4.69) is 34.2 Å². The molecule has 0 saturated heterocycles. The molecule has 0 fully saturated rings. The molecule has 6 nitrogen and oxygen atoms in total. The number of hydrogen-bond acceptors (Lipinski definition) is 5. The van der Waals surface area contributed by atoms with E-state index in [0.717, 1.165) is 27.8 Å². The smallest absolute Gasteiger partial charge is 0.391 e. The highest BCUT2D eigenvalue weighted by Crippen LogP contribution is 2.35. The van der Waals surface area contributed by atoms with Crippen LogP contribution in [-0.4, -0.2) is 19.8 Å². The van der Waals surface area contributed by atoms with E-state index in [0.29, 0.717) is 16.3 Å². The summed E-state index contributed by atoms with van der Waals surface area (Å²) in [5.41, 5.74) is 5.59. The maximum Gasteiger partial charge on any atom is 0.391 e. The van der Waals surface area contributed by atoms with Crippen molar-refractivity contribution in [1.29, 1.82) is 0 Å². The van der Waals surface area contributed by atoms with Gasteiger partial charge in [-0.05, 0) is 41.0 Å². The van der Waals surface area contributed by atoms with E-state index >= 15 is 0 Å². The van der Waals surface area contributed by atoms with Crippen molar-refractivity contribution in [1.82, 2.24) is 9.97 Å². The van der Waals surface area contributed by atoms with Crippen molar-refractivity contribution in [3.8, 4) is 39.8 Å². The molecule has 33 heavy (non-hydrogen) atoms. The lowest BCUT2D eigenvalue weighted by molar-refractivity contribution is 0.373. The number of hydrogen-bond donors (Lipinski definition) is 3. The highest BCUT2D eigenvalue weighted by molar-refractivity contribution is 7.39. The van der Waals surface area contributed by atoms with Gasteiger partial charge in [0, 0.05) is 11.6 Å². The molecule has 0 spiro atoms. The average molecular weight is 477 g/mol. The number of ether oxygens (including phenoxy) is 1. The minimum atomic E-state index is -2.50. The Morgan fingerprint density at radius 1 is 0.758 bits per heavy atom. The predicted molar refractivity (Wildman–Crippen MR) is 130 cm³/mol. The minimum absolute atomic E-state index is 0.281. The molecular formula is C25H18ClN2O4P. The molecule has 0 aliphatic carbocycles. The van der Waals surface area contributed by atoms with Gasteiger partial charge >= 0.3 is 8.60 Å². The van der Waals surface area contributed by atoms with Gasteiger partial charge in [0.2, 0.25) is 0 Å². The van der Waals surface area contributed by atoms with Crippen molar-refractivity contribution >= 4 is 31.2 Å². The zero-order valence-corrected chi connectivity index (χ0v) is 18.8. The Hall–Kier alpha value is -3.41. The van der Waals surface area contributed by atoms with Crippen LogP contribution < -0.4 is 9.26 Å². The van der Waals surface area contributed by atoms with Gasteiger partial charge in [-0.15, -0.1) is 0 Å². The molecule has 1 aromatic heterocycles. The first-order valence-electron chi connectivity index (χ1n) is 10.0. The molecule has 164 valence electrons. The summed E-state index contributed by atoms with van der Waals surface area (Å²) in [5.74, 6) is 0.718. The molecule has 5 rings (SSSR count). The van der Waals surface area contributed by atoms with Gasteiger partial charge in [0.15, 0.2) is 0 Å². The summed E-state index contributed by atoms with van der Waals surface area (Å²) < 4.78 is 10.7. The van der Waals surface area contributed by atoms with Gasteiger partial charge in [-0.25, -0.2) is 0 Å². The van der Waals surface area contributed by atoms with Crippen molar-refractivity contribution in [3.63, 3.8) is 0 Å². The lowest BCUT2D eigenvalue weighted by Crippen LogP contribution is -1.88. The Kier molecular flexibility index (Phi) is 5.99. The number of imidazole rings is 1. The zero-order chi connectivity index (χ0) is 22.8. The minimum Gasteiger partial charge on any atom is -0.427 e. The summed E-state index contributed by atoms with van der Waals surface area (Å²) in [7, 11) is -2.50. The van der Waals surface area contributed by atoms with Crippen LogP contribution in [0.25, 0.3) is 33.3 Å². The molecule has 0 aliphatic heterocycles. The summed E-state index contributed by atoms with van der Waals surface area (Å²) >= 11 is 6.58. The van der Waals surface area contributed by atoms with E-state index in [9.17, 15) is 0 Å². The Morgan fingerprint density at radius 3 is 2.21 bits per heavy atom. The highest BCUT2D eigenvalue weighted by Gasteiger charge is 2.12. The second kappa shape index (κ2) is 9.22. The van der Waals surface area contributed by atoms with Crippen LogP contribution >= 0.6 is 20.2 Å². The van der Waals surface area contributed by atoms with Crippen LogP contribution in [0.1, 0.15) is 0 Å². The zero-order valence-electron chi connectivity index (χ0n) is 17.1. The average Bonchev–Trinajstić information content (AvgIpc) is 3.20. The molecule has 0 amide bonds. The van der Waals surface area contributed by atoms with Crippen LogP contribution in [0.3, 0.4) is 0 Å². The third-order valence-corrected chi connectivity index (χ3v) is 5.75. The van der Waals surface area contributed by atoms with Crippen LogP contribution in [0.15, 0.2) is 91.0 Å². The first-order valence-corrected chi connectivity index (χ1v) is 11.6. The quantitative estimate of drug-likeness (QED) is 0.231. The fourth-order valence-electron chi connectivity index (χ4n) is 3.55. The second-order valence-corrected chi connectivity index (χ2v) is 8.35. The molecule has 0 atom stereocenters. The van der Waals surface area contributed by atoms with Crippen molar-refractivity contribution in [2.24, 2.45) is 0 Å². The van der Waals surface area contributed by atoms with E-state index in [-0.39, 0.29) is 11.8 Å². The maximum atomic E-state index is 9.03. The van der Waals surface area contributed by atoms with E-state index in [4.69, 9.17) is 30.6 Å². The lowest BCUT2D eigenvalue weighted by atomic mass is 10.00. The summed E-state index contributed by atoms with van der Waals surface area (Å²) in [5, 5.41) is 0.597. The maximum absolute atomic E-state index is 9.03. The molecule has 0 aliphatic rings. The van der Waals surface area contributed by atoms with E-state index < -0.39 is 8.60 Å². The van der Waals surface area contributed by atoms with E-state index in [1.165, 1.54) is 0 Å². The van der Waals surface area contributed by atoms with Crippen LogP contribution in [-0.2, 0) is 0 Å². The van der Waals surface area contributed by atoms with Gasteiger partial charge in [-0.1, -0.05) is 72.3 Å². The van der Waals surface area contributed by atoms with Crippen LogP contribution in [0.5, 0.6) is 17.5 Å². The lowest BCUT2D eigenvalue weighted by Gasteiger charge is -2.07. The molecule has 4 aromatic carbocycles. The van der Waals surface area contributed by atoms with Gasteiger partial charge < -0.3 is 24.0 Å². The van der Waals surface area contributed by atoms with Crippen LogP contribution in [0.2, 0.25) is 5.02 Å². The SMILES string of the molecule is OP(O)Oc1cccc(Oc2nc3cc(-c4ccc(-c5ccccc5)cc4)c(Cl)cc3[nH]2)c1. The van der Waals surface area contributed by atoms with Crippen molar-refractivity contribution in [2.75, 3.05) is 0 Å². The molecular weight excluding hydrogens is 459 g/mol. The molecule has 3 N–H and O–H groups in total. The summed E-state index contributed by atoms with van der Waals surface area (Å²) in [6, 6.07) is 29.0. The van der Waals surface area contributed by atoms with Crippen LogP contribution in [0, 0.1) is 0 Å². The molecule has 8 heteroatoms. The molecule has 0 unspecified atom stereocenters. The Balaban J connectivity index is 1.41. The normalized spacial score (nSPS) is 11.2. The number of benzene rings is 4. The third kappa shape index (κ3) is 4.85. The number of fused-ring (bicyclic) bond motifs is 1. The molecule has 0 radical (unpaired) electrons. The summed E-state index contributed by atoms with van der Waals surface area (Å²) in [4.78, 5) is 25.7. The van der Waals surface area contributed by atoms with Crippen LogP contribution in [0.4, 0.5) is 0 Å². The summed E-state index contributed by atoms with van der Waals surface area (Å²) in [6.07, 6.45) is 0. The number of nitrogens with zero attached hydrogens (tertiary/aromatic N) is 1. The highest BCUT2D eigenvalue weighted by atomic mass is 35.5. The molecule has 0 bridgehead atoms. The number of aromatic nitrogens is 2. The molecule has 5 aromatic rings. The van der Waals surface area contributed by atoms with E-state index in [1.54, 1.807) is 24.3 Å². The standard InChI is InChI=1S/C25H18ClN2O4P/c26-22-15-24-23(27-25(28-24)31-19-7-4-8-20(13-19)32-33(29)30)14-21(22)18-11-9-17(10-12-18)16-5-2-1-3-6-16/h1-15,29-30H,(H,27,28). The van der Waals surface area contributed by atoms with Crippen molar-refractivity contribution in [2.45, 2.75) is 0 Å². The topological polar surface area (TPSA) is 87.6 Å². The van der Waals surface area contributed by atoms with Gasteiger partial charge in [0.05, 0.1) is 16.1 Å². The van der Waals surface area contributed by atoms with Gasteiger partial charge in [0.25, 0.3) is 6.01 Å². The number of H-pyrrole nitrogens is 1. The predicted octanol–water partition coefficient (Wildman–Crippen LogP) is 6.93. The Morgan fingerprint density at radius 2 is 1.45 bits per heavy atom. The fourth-order valence-corrected chi connectivity index (χ4v) is 4.12. The first-order chi connectivity index (χ1) is 16.0. The number of nitrogens with one attached hydrogen (secondary N) is 1. The van der Waals surface area contributed by atoms with Gasteiger partial charge in [0.1, 0.15) is 11.5 Å². The first kappa shape index (κ1) is 21.4. The van der Waals surface area contributed by atoms with E-state index in [1.807, 2.05) is 42.5 Å². The number of aromatic amines is 1. The monoisotopic (exact) mass is 476 g/mol. The van der Waals surface area contributed by atoms with Crippen molar-refractivity contribution < 1.29 is 19.0 Å². The second-order valence-electron chi connectivity index (χ2n) is 7.26. The number of rotatable bonds is 6. The molecule has 0 saturated carbocycles. The Labute approximate surface area is 196 Å². The Bertz CT molecular complexity index is 1410. The number of halogens is 1.